The SMILES string of the molecule is CCN(CC(N)=NO)C(=O)c1cc(Cl)cc(Cl)c1. The Bertz CT molecular complexity index is 457. The summed E-state index contributed by atoms with van der Waals surface area (Å²) < 4.78 is 0. The number of hydrogen-bond acceptors (Lipinski definition) is 3. The average Bonchev–Trinajstić information content (AvgIpc) is 2.33. The molecule has 0 aromatic heterocycles. The third-order valence-electron chi connectivity index (χ3n) is 2.26. The van der Waals surface area contributed by atoms with E-state index in [1.54, 1.807) is 13.0 Å². The van der Waals surface area contributed by atoms with Gasteiger partial charge in [-0.1, -0.05) is 28.4 Å². The Balaban J connectivity index is 2.96. The molecule has 5 nitrogen and oxygen atoms in total. The number of halogens is 2. The highest BCUT2D eigenvalue weighted by Crippen LogP contribution is 2.20. The third kappa shape index (κ3) is 3.78. The van der Waals surface area contributed by atoms with Crippen LogP contribution in [0, 0.1) is 0 Å². The summed E-state index contributed by atoms with van der Waals surface area (Å²) >= 11 is 11.7. The number of likely N-dealkylation sites (N-methyl/N-ethyl adjacent to an activating group) is 1. The number of nitrogens with zero attached hydrogens (tertiary/aromatic N) is 2. The molecular weight excluding hydrogens is 277 g/mol. The fourth-order valence-corrected chi connectivity index (χ4v) is 1.94. The lowest BCUT2D eigenvalue weighted by molar-refractivity contribution is 0.0786. The number of nitrogens with two attached hydrogens (primary N) is 1. The first-order valence-corrected chi connectivity index (χ1v) is 5.95. The van der Waals surface area contributed by atoms with Crippen LogP contribution in [0.5, 0.6) is 0 Å². The van der Waals surface area contributed by atoms with Gasteiger partial charge in [-0.25, -0.2) is 0 Å². The third-order valence-corrected chi connectivity index (χ3v) is 2.70. The molecule has 0 fully saturated rings. The van der Waals surface area contributed by atoms with Crippen LogP contribution < -0.4 is 5.73 Å². The number of hydrogen-bond donors (Lipinski definition) is 2. The number of carbonyl (C=O) groups excluding carboxylic acids is 1. The molecule has 0 bridgehead atoms. The summed E-state index contributed by atoms with van der Waals surface area (Å²) in [4.78, 5) is 13.6. The van der Waals surface area contributed by atoms with E-state index in [-0.39, 0.29) is 18.3 Å². The molecule has 0 aliphatic carbocycles. The summed E-state index contributed by atoms with van der Waals surface area (Å²) in [5.74, 6) is -0.327. The summed E-state index contributed by atoms with van der Waals surface area (Å²) in [5, 5.41) is 12.1. The van der Waals surface area contributed by atoms with Gasteiger partial charge in [0.05, 0.1) is 6.54 Å². The van der Waals surface area contributed by atoms with Crippen LogP contribution in [0.1, 0.15) is 17.3 Å². The Morgan fingerprint density at radius 3 is 2.39 bits per heavy atom. The van der Waals surface area contributed by atoms with E-state index in [4.69, 9.17) is 34.1 Å². The molecule has 1 aromatic carbocycles. The van der Waals surface area contributed by atoms with Gasteiger partial charge in [-0.05, 0) is 25.1 Å². The highest BCUT2D eigenvalue weighted by Gasteiger charge is 2.16. The zero-order valence-electron chi connectivity index (χ0n) is 9.73. The van der Waals surface area contributed by atoms with E-state index in [0.717, 1.165) is 0 Å². The highest BCUT2D eigenvalue weighted by molar-refractivity contribution is 6.35. The number of rotatable bonds is 4. The van der Waals surface area contributed by atoms with E-state index >= 15 is 0 Å². The average molecular weight is 290 g/mol. The molecule has 1 aromatic rings. The second-order valence-electron chi connectivity index (χ2n) is 3.57. The van der Waals surface area contributed by atoms with Crippen molar-refractivity contribution in [3.05, 3.63) is 33.8 Å². The largest absolute Gasteiger partial charge is 0.409 e. The molecule has 7 heteroatoms. The first kappa shape index (κ1) is 14.6. The van der Waals surface area contributed by atoms with Crippen LogP contribution in [0.25, 0.3) is 0 Å². The lowest BCUT2D eigenvalue weighted by Crippen LogP contribution is -2.38. The Morgan fingerprint density at radius 2 is 1.94 bits per heavy atom. The maximum atomic E-state index is 12.1. The van der Waals surface area contributed by atoms with Gasteiger partial charge >= 0.3 is 0 Å². The van der Waals surface area contributed by atoms with Crippen LogP contribution >= 0.6 is 23.2 Å². The molecule has 0 unspecified atom stereocenters. The van der Waals surface area contributed by atoms with E-state index in [0.29, 0.717) is 22.2 Å². The molecule has 0 atom stereocenters. The summed E-state index contributed by atoms with van der Waals surface area (Å²) in [7, 11) is 0. The minimum atomic E-state index is -0.284. The topological polar surface area (TPSA) is 78.9 Å². The zero-order chi connectivity index (χ0) is 13.7. The van der Waals surface area contributed by atoms with Crippen molar-refractivity contribution in [2.45, 2.75) is 6.92 Å². The van der Waals surface area contributed by atoms with Crippen LogP contribution in [0.15, 0.2) is 23.4 Å². The molecule has 0 saturated heterocycles. The van der Waals surface area contributed by atoms with E-state index in [9.17, 15) is 4.79 Å². The standard InChI is InChI=1S/C11H13Cl2N3O2/c1-2-16(6-10(14)15-18)11(17)7-3-8(12)5-9(13)4-7/h3-5,18H,2,6H2,1H3,(H2,14,15). The molecule has 98 valence electrons. The van der Waals surface area contributed by atoms with Crippen molar-refractivity contribution in [3.63, 3.8) is 0 Å². The van der Waals surface area contributed by atoms with Gasteiger partial charge in [-0.2, -0.15) is 0 Å². The summed E-state index contributed by atoms with van der Waals surface area (Å²) in [5.41, 5.74) is 5.74. The van der Waals surface area contributed by atoms with Crippen molar-refractivity contribution in [2.75, 3.05) is 13.1 Å². The Morgan fingerprint density at radius 1 is 1.39 bits per heavy atom. The second-order valence-corrected chi connectivity index (χ2v) is 4.44. The van der Waals surface area contributed by atoms with Crippen LogP contribution in [0.2, 0.25) is 10.0 Å². The normalized spacial score (nSPS) is 11.4. The van der Waals surface area contributed by atoms with E-state index < -0.39 is 0 Å². The van der Waals surface area contributed by atoms with Crippen LogP contribution in [-0.2, 0) is 0 Å². The molecular formula is C11H13Cl2N3O2. The van der Waals surface area contributed by atoms with E-state index in [2.05, 4.69) is 5.16 Å². The number of amidine groups is 1. The van der Waals surface area contributed by atoms with Gasteiger partial charge in [-0.3, -0.25) is 4.79 Å². The minimum Gasteiger partial charge on any atom is -0.409 e. The van der Waals surface area contributed by atoms with E-state index in [1.165, 1.54) is 17.0 Å². The molecule has 0 saturated carbocycles. The Labute approximate surface area is 115 Å². The molecule has 0 heterocycles. The Hall–Kier alpha value is -1.46. The molecule has 3 N–H and O–H groups in total. The summed E-state index contributed by atoms with van der Waals surface area (Å²) in [6.45, 7) is 2.24. The minimum absolute atomic E-state index is 0.0377. The molecule has 0 radical (unpaired) electrons. The molecule has 0 spiro atoms. The van der Waals surface area contributed by atoms with Crippen molar-refractivity contribution in [1.29, 1.82) is 0 Å². The van der Waals surface area contributed by atoms with Crippen molar-refractivity contribution >= 4 is 34.9 Å². The van der Waals surface area contributed by atoms with Gasteiger partial charge in [0, 0.05) is 22.2 Å². The maximum absolute atomic E-state index is 12.1. The van der Waals surface area contributed by atoms with Crippen LogP contribution in [0.3, 0.4) is 0 Å². The molecule has 0 aliphatic heterocycles. The van der Waals surface area contributed by atoms with E-state index in [1.807, 2.05) is 0 Å². The predicted molar refractivity (Wildman–Crippen MR) is 71.4 cm³/mol. The number of benzene rings is 1. The van der Waals surface area contributed by atoms with Crippen LogP contribution in [0.4, 0.5) is 0 Å². The van der Waals surface area contributed by atoms with Gasteiger partial charge in [0.1, 0.15) is 0 Å². The Kier molecular flexibility index (Phi) is 5.25. The van der Waals surface area contributed by atoms with Gasteiger partial charge in [-0.15, -0.1) is 0 Å². The lowest BCUT2D eigenvalue weighted by atomic mass is 10.2. The fourth-order valence-electron chi connectivity index (χ4n) is 1.41. The number of carbonyl (C=O) groups is 1. The molecule has 0 aliphatic rings. The first-order chi connectivity index (χ1) is 8.47. The number of oxime groups is 1. The molecule has 1 rings (SSSR count). The van der Waals surface area contributed by atoms with Gasteiger partial charge in [0.25, 0.3) is 5.91 Å². The number of amides is 1. The summed E-state index contributed by atoms with van der Waals surface area (Å²) in [6, 6.07) is 4.58. The second kappa shape index (κ2) is 6.47. The van der Waals surface area contributed by atoms with Gasteiger partial charge in [0.15, 0.2) is 5.84 Å². The zero-order valence-corrected chi connectivity index (χ0v) is 11.2. The van der Waals surface area contributed by atoms with Gasteiger partial charge < -0.3 is 15.8 Å². The summed E-state index contributed by atoms with van der Waals surface area (Å²) in [6.07, 6.45) is 0. The quantitative estimate of drug-likeness (QED) is 0.386. The predicted octanol–water partition coefficient (Wildman–Crippen LogP) is 2.20. The highest BCUT2D eigenvalue weighted by atomic mass is 35.5. The van der Waals surface area contributed by atoms with Crippen molar-refractivity contribution in [1.82, 2.24) is 4.90 Å². The molecule has 18 heavy (non-hydrogen) atoms. The smallest absolute Gasteiger partial charge is 0.254 e. The first-order valence-electron chi connectivity index (χ1n) is 5.19. The maximum Gasteiger partial charge on any atom is 0.254 e. The van der Waals surface area contributed by atoms with Crippen LogP contribution in [-0.4, -0.2) is 34.9 Å². The fraction of sp³-hybridized carbons (Fsp3) is 0.273. The van der Waals surface area contributed by atoms with Crippen molar-refractivity contribution in [2.24, 2.45) is 10.9 Å². The van der Waals surface area contributed by atoms with Crippen molar-refractivity contribution in [3.8, 4) is 0 Å². The monoisotopic (exact) mass is 289 g/mol. The van der Waals surface area contributed by atoms with Crippen molar-refractivity contribution < 1.29 is 10.0 Å². The lowest BCUT2D eigenvalue weighted by Gasteiger charge is -2.20. The van der Waals surface area contributed by atoms with Gasteiger partial charge in [0.2, 0.25) is 0 Å². The molecule has 1 amide bonds.